The van der Waals surface area contributed by atoms with E-state index in [0.29, 0.717) is 11.9 Å². The molecule has 2 N–H and O–H groups in total. The molecule has 1 fully saturated rings. The Bertz CT molecular complexity index is 415. The van der Waals surface area contributed by atoms with Crippen LogP contribution in [0.2, 0.25) is 0 Å². The number of hydrogen-bond donors (Lipinski definition) is 2. The van der Waals surface area contributed by atoms with Crippen molar-refractivity contribution in [2.24, 2.45) is 10.9 Å². The number of nitrogens with zero attached hydrogens (tertiary/aromatic N) is 3. The molecule has 0 unspecified atom stereocenters. The van der Waals surface area contributed by atoms with Gasteiger partial charge in [0.15, 0.2) is 5.96 Å². The third-order valence-electron chi connectivity index (χ3n) is 4.10. The number of aliphatic imine (C=N–C) groups is 1. The summed E-state index contributed by atoms with van der Waals surface area (Å²) in [4.78, 5) is 20.2. The van der Waals surface area contributed by atoms with Crippen molar-refractivity contribution in [1.29, 1.82) is 0 Å². The molecule has 0 aliphatic carbocycles. The second kappa shape index (κ2) is 9.84. The van der Waals surface area contributed by atoms with Crippen molar-refractivity contribution in [3.63, 3.8) is 0 Å². The van der Waals surface area contributed by atoms with Gasteiger partial charge in [-0.05, 0) is 19.8 Å². The molecule has 0 aromatic rings. The van der Waals surface area contributed by atoms with E-state index in [9.17, 15) is 4.79 Å². The minimum absolute atomic E-state index is 0.00435. The number of carbonyl (C=O) groups excluding carboxylic acids is 1. The van der Waals surface area contributed by atoms with Crippen LogP contribution >= 0.6 is 0 Å². The summed E-state index contributed by atoms with van der Waals surface area (Å²) in [7, 11) is 3.49. The second-order valence-corrected chi connectivity index (χ2v) is 7.49. The Morgan fingerprint density at radius 1 is 1.25 bits per heavy atom. The molecule has 1 heterocycles. The Labute approximate surface area is 146 Å². The van der Waals surface area contributed by atoms with E-state index in [2.05, 4.69) is 48.2 Å². The van der Waals surface area contributed by atoms with Gasteiger partial charge in [-0.2, -0.15) is 0 Å². The molecule has 1 aliphatic rings. The zero-order valence-corrected chi connectivity index (χ0v) is 16.2. The average Bonchev–Trinajstić information content (AvgIpc) is 2.54. The Morgan fingerprint density at radius 3 is 2.42 bits per heavy atom. The van der Waals surface area contributed by atoms with Crippen LogP contribution in [0.15, 0.2) is 4.99 Å². The third-order valence-corrected chi connectivity index (χ3v) is 4.10. The summed E-state index contributed by atoms with van der Waals surface area (Å²) in [5.41, 5.74) is -0.00435. The van der Waals surface area contributed by atoms with Crippen molar-refractivity contribution in [3.8, 4) is 0 Å². The summed E-state index contributed by atoms with van der Waals surface area (Å²) in [5.74, 6) is 1.20. The van der Waals surface area contributed by atoms with Crippen molar-refractivity contribution in [2.45, 2.75) is 33.2 Å². The van der Waals surface area contributed by atoms with Crippen LogP contribution in [0.5, 0.6) is 0 Å². The predicted octanol–water partition coefficient (Wildman–Crippen LogP) is 0.377. The van der Waals surface area contributed by atoms with Gasteiger partial charge < -0.3 is 20.3 Å². The molecule has 0 aromatic carbocycles. The first kappa shape index (κ1) is 20.7. The van der Waals surface area contributed by atoms with E-state index >= 15 is 0 Å². The zero-order chi connectivity index (χ0) is 18.2. The number of amides is 1. The van der Waals surface area contributed by atoms with E-state index < -0.39 is 0 Å². The molecular formula is C17H35N5O2. The first-order chi connectivity index (χ1) is 11.2. The SMILES string of the molecule is CC(C)CNC(=NCC(=O)N(C)C)NCC(C)(C)N1CCOCC1. The van der Waals surface area contributed by atoms with Crippen LogP contribution in [-0.4, -0.2) is 87.2 Å². The van der Waals surface area contributed by atoms with Crippen LogP contribution in [0.1, 0.15) is 27.7 Å². The first-order valence-corrected chi connectivity index (χ1v) is 8.77. The lowest BCUT2D eigenvalue weighted by Crippen LogP contribution is -2.56. The van der Waals surface area contributed by atoms with Crippen LogP contribution in [-0.2, 0) is 9.53 Å². The molecule has 7 nitrogen and oxygen atoms in total. The monoisotopic (exact) mass is 341 g/mol. The average molecular weight is 342 g/mol. The Hall–Kier alpha value is -1.34. The lowest BCUT2D eigenvalue weighted by molar-refractivity contribution is -0.127. The quantitative estimate of drug-likeness (QED) is 0.517. The number of carbonyl (C=O) groups is 1. The van der Waals surface area contributed by atoms with Gasteiger partial charge in [-0.1, -0.05) is 13.8 Å². The van der Waals surface area contributed by atoms with E-state index in [1.54, 1.807) is 19.0 Å². The lowest BCUT2D eigenvalue weighted by atomic mass is 10.0. The highest BCUT2D eigenvalue weighted by molar-refractivity contribution is 5.84. The molecule has 1 amide bonds. The number of rotatable bonds is 7. The smallest absolute Gasteiger partial charge is 0.243 e. The highest BCUT2D eigenvalue weighted by Crippen LogP contribution is 2.14. The van der Waals surface area contributed by atoms with Crippen molar-refractivity contribution in [2.75, 3.05) is 60.0 Å². The Balaban J connectivity index is 2.62. The fourth-order valence-corrected chi connectivity index (χ4v) is 2.34. The molecule has 24 heavy (non-hydrogen) atoms. The maximum Gasteiger partial charge on any atom is 0.243 e. The number of hydrogen-bond acceptors (Lipinski definition) is 4. The molecule has 0 bridgehead atoms. The Morgan fingerprint density at radius 2 is 1.88 bits per heavy atom. The van der Waals surface area contributed by atoms with E-state index in [-0.39, 0.29) is 18.0 Å². The fraction of sp³-hybridized carbons (Fsp3) is 0.882. The molecular weight excluding hydrogens is 306 g/mol. The molecule has 140 valence electrons. The summed E-state index contributed by atoms with van der Waals surface area (Å²) in [6.45, 7) is 13.9. The maximum atomic E-state index is 11.8. The fourth-order valence-electron chi connectivity index (χ4n) is 2.34. The topological polar surface area (TPSA) is 69.2 Å². The van der Waals surface area contributed by atoms with Crippen LogP contribution in [0.4, 0.5) is 0 Å². The van der Waals surface area contributed by atoms with E-state index in [0.717, 1.165) is 39.4 Å². The first-order valence-electron chi connectivity index (χ1n) is 8.77. The normalized spacial score (nSPS) is 17.0. The van der Waals surface area contributed by atoms with Crippen molar-refractivity contribution in [3.05, 3.63) is 0 Å². The molecule has 0 radical (unpaired) electrons. The summed E-state index contributed by atoms with van der Waals surface area (Å²) in [6, 6.07) is 0. The standard InChI is InChI=1S/C17H35N5O2/c1-14(2)11-18-16(19-12-15(23)21(5)6)20-13-17(3,4)22-7-9-24-10-8-22/h14H,7-13H2,1-6H3,(H2,18,19,20). The van der Waals surface area contributed by atoms with Gasteiger partial charge in [-0.3, -0.25) is 9.69 Å². The summed E-state index contributed by atoms with van der Waals surface area (Å²) in [5, 5.41) is 6.71. The van der Waals surface area contributed by atoms with Gasteiger partial charge in [0.05, 0.1) is 13.2 Å². The number of likely N-dealkylation sites (N-methyl/N-ethyl adjacent to an activating group) is 1. The number of morpholine rings is 1. The number of nitrogens with one attached hydrogen (secondary N) is 2. The largest absolute Gasteiger partial charge is 0.379 e. The van der Waals surface area contributed by atoms with Crippen molar-refractivity contribution >= 4 is 11.9 Å². The van der Waals surface area contributed by atoms with E-state index in [1.165, 1.54) is 0 Å². The molecule has 0 atom stereocenters. The lowest BCUT2D eigenvalue weighted by Gasteiger charge is -2.41. The third kappa shape index (κ3) is 7.49. The molecule has 0 saturated carbocycles. The molecule has 0 aromatic heterocycles. The number of ether oxygens (including phenoxy) is 1. The van der Waals surface area contributed by atoms with Crippen LogP contribution < -0.4 is 10.6 Å². The van der Waals surface area contributed by atoms with Gasteiger partial charge in [-0.25, -0.2) is 4.99 Å². The van der Waals surface area contributed by atoms with Crippen molar-refractivity contribution in [1.82, 2.24) is 20.4 Å². The second-order valence-electron chi connectivity index (χ2n) is 7.49. The van der Waals surface area contributed by atoms with Crippen LogP contribution in [0.25, 0.3) is 0 Å². The Kier molecular flexibility index (Phi) is 8.48. The summed E-state index contributed by atoms with van der Waals surface area (Å²) < 4.78 is 5.43. The summed E-state index contributed by atoms with van der Waals surface area (Å²) in [6.07, 6.45) is 0. The maximum absolute atomic E-state index is 11.8. The van der Waals surface area contributed by atoms with Crippen LogP contribution in [0, 0.1) is 5.92 Å². The van der Waals surface area contributed by atoms with Gasteiger partial charge in [0, 0.05) is 45.8 Å². The molecule has 1 aliphatic heterocycles. The highest BCUT2D eigenvalue weighted by Gasteiger charge is 2.28. The van der Waals surface area contributed by atoms with E-state index in [4.69, 9.17) is 4.74 Å². The minimum Gasteiger partial charge on any atom is -0.379 e. The predicted molar refractivity (Wildman–Crippen MR) is 98.3 cm³/mol. The number of guanidine groups is 1. The van der Waals surface area contributed by atoms with Gasteiger partial charge in [0.25, 0.3) is 0 Å². The summed E-state index contributed by atoms with van der Waals surface area (Å²) >= 11 is 0. The molecule has 0 spiro atoms. The molecule has 1 saturated heterocycles. The van der Waals surface area contributed by atoms with Gasteiger partial charge in [0.2, 0.25) is 5.91 Å². The van der Waals surface area contributed by atoms with Crippen LogP contribution in [0.3, 0.4) is 0 Å². The highest BCUT2D eigenvalue weighted by atomic mass is 16.5. The van der Waals surface area contributed by atoms with Gasteiger partial charge >= 0.3 is 0 Å². The molecule has 1 rings (SSSR count). The van der Waals surface area contributed by atoms with Gasteiger partial charge in [-0.15, -0.1) is 0 Å². The minimum atomic E-state index is -0.00640. The molecule has 7 heteroatoms. The zero-order valence-electron chi connectivity index (χ0n) is 16.2. The van der Waals surface area contributed by atoms with E-state index in [1.807, 2.05) is 0 Å². The van der Waals surface area contributed by atoms with Crippen molar-refractivity contribution < 1.29 is 9.53 Å². The van der Waals surface area contributed by atoms with Gasteiger partial charge in [0.1, 0.15) is 6.54 Å².